The summed E-state index contributed by atoms with van der Waals surface area (Å²) in [6.45, 7) is 4.18. The maximum Gasteiger partial charge on any atom is 0.243 e. The van der Waals surface area contributed by atoms with Gasteiger partial charge in [-0.1, -0.05) is 0 Å². The van der Waals surface area contributed by atoms with E-state index in [1.54, 1.807) is 0 Å². The van der Waals surface area contributed by atoms with Gasteiger partial charge in [0.25, 0.3) is 0 Å². The topological polar surface area (TPSA) is 73.6 Å². The van der Waals surface area contributed by atoms with Crippen molar-refractivity contribution < 1.29 is 14.3 Å². The van der Waals surface area contributed by atoms with Crippen molar-refractivity contribution in [1.29, 1.82) is 0 Å². The molecule has 2 unspecified atom stereocenters. The van der Waals surface area contributed by atoms with Crippen LogP contribution in [0, 0.1) is 0 Å². The smallest absolute Gasteiger partial charge is 0.243 e. The predicted octanol–water partition coefficient (Wildman–Crippen LogP) is -0.355. The molecule has 2 atom stereocenters. The number of nitrogens with one attached hydrogen (secondary N) is 1. The largest absolute Gasteiger partial charge is 0.378 e. The first-order chi connectivity index (χ1) is 7.18. The number of carbonyl (C=O) groups is 1. The van der Waals surface area contributed by atoms with Crippen molar-refractivity contribution >= 4 is 5.91 Å². The van der Waals surface area contributed by atoms with Crippen LogP contribution in [0.5, 0.6) is 0 Å². The molecule has 3 N–H and O–H groups in total. The van der Waals surface area contributed by atoms with E-state index in [0.29, 0.717) is 18.8 Å². The minimum absolute atomic E-state index is 0.00581. The molecule has 88 valence electrons. The van der Waals surface area contributed by atoms with Crippen LogP contribution in [0.4, 0.5) is 0 Å². The fourth-order valence-electron chi connectivity index (χ4n) is 1.69. The lowest BCUT2D eigenvalue weighted by atomic mass is 10.0. The van der Waals surface area contributed by atoms with Gasteiger partial charge in [-0.3, -0.25) is 4.79 Å². The molecule has 1 aliphatic rings. The lowest BCUT2D eigenvalue weighted by Gasteiger charge is -2.27. The molecule has 1 heterocycles. The molecule has 0 saturated carbocycles. The molecule has 0 aliphatic carbocycles. The van der Waals surface area contributed by atoms with Crippen LogP contribution in [0.1, 0.15) is 19.8 Å². The summed E-state index contributed by atoms with van der Waals surface area (Å²) < 4.78 is 10.5. The summed E-state index contributed by atoms with van der Waals surface area (Å²) in [7, 11) is 0. The Bertz CT molecular complexity index is 199. The quantitative estimate of drug-likeness (QED) is 0.595. The Morgan fingerprint density at radius 1 is 1.67 bits per heavy atom. The van der Waals surface area contributed by atoms with Crippen LogP contribution < -0.4 is 11.1 Å². The van der Waals surface area contributed by atoms with Gasteiger partial charge in [0.2, 0.25) is 5.91 Å². The first-order valence-electron chi connectivity index (χ1n) is 5.39. The molecular formula is C10H20N2O3. The third kappa shape index (κ3) is 5.71. The number of amides is 1. The molecule has 5 heteroatoms. The number of hydrogen-bond donors (Lipinski definition) is 2. The molecular weight excluding hydrogens is 196 g/mol. The van der Waals surface area contributed by atoms with Crippen molar-refractivity contribution in [2.45, 2.75) is 31.9 Å². The van der Waals surface area contributed by atoms with Gasteiger partial charge in [-0.05, 0) is 19.8 Å². The number of nitrogens with two attached hydrogens (primary N) is 1. The Kier molecular flexibility index (Phi) is 5.60. The first kappa shape index (κ1) is 12.4. The number of primary amides is 1. The maximum absolute atomic E-state index is 10.4. The number of carbonyl (C=O) groups excluding carboxylic acids is 1. The Hall–Kier alpha value is -0.650. The zero-order chi connectivity index (χ0) is 11.1. The van der Waals surface area contributed by atoms with Crippen LogP contribution >= 0.6 is 0 Å². The standard InChI is InChI=1S/C10H20N2O3/c1-8-6-9(2-4-15-8)12-3-5-14-7-10(11)13/h8-9,12H,2-7H2,1H3,(H2,11,13). The molecule has 0 aromatic heterocycles. The molecule has 5 nitrogen and oxygen atoms in total. The Morgan fingerprint density at radius 2 is 2.47 bits per heavy atom. The fourth-order valence-corrected chi connectivity index (χ4v) is 1.69. The number of ether oxygens (including phenoxy) is 2. The monoisotopic (exact) mass is 216 g/mol. The summed E-state index contributed by atoms with van der Waals surface area (Å²) in [5.41, 5.74) is 4.93. The molecule has 0 spiro atoms. The SMILES string of the molecule is CC1CC(NCCOCC(N)=O)CCO1. The predicted molar refractivity (Wildman–Crippen MR) is 56.5 cm³/mol. The molecule has 15 heavy (non-hydrogen) atoms. The summed E-state index contributed by atoms with van der Waals surface area (Å²) in [6.07, 6.45) is 2.42. The Labute approximate surface area is 90.3 Å². The summed E-state index contributed by atoms with van der Waals surface area (Å²) in [4.78, 5) is 10.4. The van der Waals surface area contributed by atoms with E-state index in [9.17, 15) is 4.79 Å². The van der Waals surface area contributed by atoms with Crippen molar-refractivity contribution in [3.05, 3.63) is 0 Å². The van der Waals surface area contributed by atoms with Gasteiger partial charge in [0.05, 0.1) is 12.7 Å². The highest BCUT2D eigenvalue weighted by Gasteiger charge is 2.18. The summed E-state index contributed by atoms with van der Waals surface area (Å²) in [5.74, 6) is -0.422. The minimum Gasteiger partial charge on any atom is -0.378 e. The van der Waals surface area contributed by atoms with Crippen molar-refractivity contribution in [3.8, 4) is 0 Å². The van der Waals surface area contributed by atoms with Crippen LogP contribution in [-0.4, -0.2) is 44.4 Å². The molecule has 1 rings (SSSR count). The highest BCUT2D eigenvalue weighted by Crippen LogP contribution is 2.12. The van der Waals surface area contributed by atoms with E-state index in [4.69, 9.17) is 15.2 Å². The van der Waals surface area contributed by atoms with Gasteiger partial charge in [0.1, 0.15) is 6.61 Å². The van der Waals surface area contributed by atoms with Crippen molar-refractivity contribution in [2.75, 3.05) is 26.4 Å². The van der Waals surface area contributed by atoms with E-state index < -0.39 is 5.91 Å². The number of hydrogen-bond acceptors (Lipinski definition) is 4. The lowest BCUT2D eigenvalue weighted by Crippen LogP contribution is -2.39. The van der Waals surface area contributed by atoms with Crippen LogP contribution in [0.15, 0.2) is 0 Å². The minimum atomic E-state index is -0.422. The normalized spacial score (nSPS) is 26.5. The Balaban J connectivity index is 1.97. The van der Waals surface area contributed by atoms with E-state index in [1.165, 1.54) is 0 Å². The van der Waals surface area contributed by atoms with Crippen LogP contribution in [-0.2, 0) is 14.3 Å². The van der Waals surface area contributed by atoms with E-state index in [2.05, 4.69) is 12.2 Å². The van der Waals surface area contributed by atoms with Crippen LogP contribution in [0.2, 0.25) is 0 Å². The number of rotatable bonds is 6. The Morgan fingerprint density at radius 3 is 3.13 bits per heavy atom. The highest BCUT2D eigenvalue weighted by atomic mass is 16.5. The van der Waals surface area contributed by atoms with Crippen molar-refractivity contribution in [1.82, 2.24) is 5.32 Å². The third-order valence-corrected chi connectivity index (χ3v) is 2.41. The van der Waals surface area contributed by atoms with Crippen molar-refractivity contribution in [3.63, 3.8) is 0 Å². The molecule has 1 fully saturated rings. The molecule has 1 saturated heterocycles. The van der Waals surface area contributed by atoms with E-state index in [1.807, 2.05) is 0 Å². The average Bonchev–Trinajstić information content (AvgIpc) is 2.17. The zero-order valence-electron chi connectivity index (χ0n) is 9.20. The maximum atomic E-state index is 10.4. The van der Waals surface area contributed by atoms with E-state index in [-0.39, 0.29) is 6.61 Å². The molecule has 1 aliphatic heterocycles. The van der Waals surface area contributed by atoms with E-state index in [0.717, 1.165) is 26.0 Å². The highest BCUT2D eigenvalue weighted by molar-refractivity contribution is 5.74. The van der Waals surface area contributed by atoms with Crippen LogP contribution in [0.25, 0.3) is 0 Å². The second-order valence-corrected chi connectivity index (χ2v) is 3.88. The zero-order valence-corrected chi connectivity index (χ0v) is 9.20. The van der Waals surface area contributed by atoms with Gasteiger partial charge in [0, 0.05) is 19.2 Å². The summed E-state index contributed by atoms with van der Waals surface area (Å²) in [5, 5.41) is 3.37. The molecule has 0 aromatic rings. The van der Waals surface area contributed by atoms with E-state index >= 15 is 0 Å². The molecule has 1 amide bonds. The van der Waals surface area contributed by atoms with Gasteiger partial charge in [-0.25, -0.2) is 0 Å². The molecule has 0 bridgehead atoms. The molecule has 0 aromatic carbocycles. The third-order valence-electron chi connectivity index (χ3n) is 2.41. The van der Waals surface area contributed by atoms with Gasteiger partial charge < -0.3 is 20.5 Å². The second kappa shape index (κ2) is 6.76. The van der Waals surface area contributed by atoms with Gasteiger partial charge in [-0.2, -0.15) is 0 Å². The van der Waals surface area contributed by atoms with Gasteiger partial charge in [0.15, 0.2) is 0 Å². The van der Waals surface area contributed by atoms with Crippen molar-refractivity contribution in [2.24, 2.45) is 5.73 Å². The first-order valence-corrected chi connectivity index (χ1v) is 5.39. The lowest BCUT2D eigenvalue weighted by molar-refractivity contribution is -0.122. The van der Waals surface area contributed by atoms with Crippen LogP contribution in [0.3, 0.4) is 0 Å². The second-order valence-electron chi connectivity index (χ2n) is 3.88. The molecule has 0 radical (unpaired) electrons. The van der Waals surface area contributed by atoms with Gasteiger partial charge >= 0.3 is 0 Å². The fraction of sp³-hybridized carbons (Fsp3) is 0.900. The summed E-state index contributed by atoms with van der Waals surface area (Å²) in [6, 6.07) is 0.505. The average molecular weight is 216 g/mol. The van der Waals surface area contributed by atoms with Gasteiger partial charge in [-0.15, -0.1) is 0 Å². The summed E-state index contributed by atoms with van der Waals surface area (Å²) >= 11 is 0.